The van der Waals surface area contributed by atoms with Gasteiger partial charge in [-0.1, -0.05) is 0 Å². The van der Waals surface area contributed by atoms with Crippen LogP contribution in [-0.4, -0.2) is 20.7 Å². The molecule has 78 valence electrons. The van der Waals surface area contributed by atoms with Gasteiger partial charge in [0.2, 0.25) is 0 Å². The van der Waals surface area contributed by atoms with Gasteiger partial charge in [-0.25, -0.2) is 0 Å². The largest absolute Gasteiger partial charge is 0.504 e. The number of nitrogens with two attached hydrogens (primary N) is 1. The van der Waals surface area contributed by atoms with Crippen LogP contribution in [0.25, 0.3) is 10.9 Å². The molecule has 1 amide bonds. The van der Waals surface area contributed by atoms with Crippen molar-refractivity contribution in [2.75, 3.05) is 0 Å². The van der Waals surface area contributed by atoms with E-state index in [0.717, 1.165) is 0 Å². The molecule has 0 radical (unpaired) electrons. The summed E-state index contributed by atoms with van der Waals surface area (Å²) < 4.78 is 1.57. The smallest absolute Gasteiger partial charge is 0.265 e. The number of carbonyl (C=O) groups excluding carboxylic acids is 1. The second-order valence-electron chi connectivity index (χ2n) is 3.35. The van der Waals surface area contributed by atoms with Gasteiger partial charge in [0, 0.05) is 18.5 Å². The molecule has 0 atom stereocenters. The van der Waals surface area contributed by atoms with Crippen molar-refractivity contribution >= 4 is 16.8 Å². The van der Waals surface area contributed by atoms with E-state index in [9.17, 15) is 15.0 Å². The number of benzene rings is 1. The highest BCUT2D eigenvalue weighted by atomic mass is 16.3. The summed E-state index contributed by atoms with van der Waals surface area (Å²) in [5.41, 5.74) is 6.14. The van der Waals surface area contributed by atoms with Crippen LogP contribution in [-0.2, 0) is 7.05 Å². The molecule has 0 bridgehead atoms. The number of phenols is 2. The lowest BCUT2D eigenvalue weighted by Crippen LogP contribution is -2.14. The fourth-order valence-corrected chi connectivity index (χ4v) is 1.60. The summed E-state index contributed by atoms with van der Waals surface area (Å²) in [6.07, 6.45) is 0. The van der Waals surface area contributed by atoms with E-state index in [-0.39, 0.29) is 11.5 Å². The fraction of sp³-hybridized carbons (Fsp3) is 0.100. The third-order valence-electron chi connectivity index (χ3n) is 2.39. The standard InChI is InChI=1S/C10H10N2O3/c1-12-6-4-9(14)8(13)3-5(6)2-7(12)10(11)15/h2-4,13-14H,1H3,(H2,11,15). The molecule has 0 unspecified atom stereocenters. The predicted molar refractivity (Wildman–Crippen MR) is 54.8 cm³/mol. The van der Waals surface area contributed by atoms with E-state index in [1.165, 1.54) is 12.1 Å². The summed E-state index contributed by atoms with van der Waals surface area (Å²) in [4.78, 5) is 11.0. The van der Waals surface area contributed by atoms with Gasteiger partial charge in [0.25, 0.3) is 5.91 Å². The molecular formula is C10H10N2O3. The maximum absolute atomic E-state index is 11.0. The molecule has 5 nitrogen and oxygen atoms in total. The average Bonchev–Trinajstić information content (AvgIpc) is 2.46. The lowest BCUT2D eigenvalue weighted by Gasteiger charge is -2.01. The molecule has 1 aromatic carbocycles. The first-order valence-electron chi connectivity index (χ1n) is 4.32. The summed E-state index contributed by atoms with van der Waals surface area (Å²) in [5, 5.41) is 19.2. The molecule has 2 aromatic rings. The molecule has 0 aliphatic carbocycles. The summed E-state index contributed by atoms with van der Waals surface area (Å²) in [6.45, 7) is 0. The zero-order valence-electron chi connectivity index (χ0n) is 8.06. The molecule has 4 N–H and O–H groups in total. The highest BCUT2D eigenvalue weighted by Gasteiger charge is 2.12. The van der Waals surface area contributed by atoms with Gasteiger partial charge in [-0.3, -0.25) is 4.79 Å². The van der Waals surface area contributed by atoms with Crippen LogP contribution in [0.3, 0.4) is 0 Å². The van der Waals surface area contributed by atoms with E-state index >= 15 is 0 Å². The number of hydrogen-bond acceptors (Lipinski definition) is 3. The number of carbonyl (C=O) groups is 1. The quantitative estimate of drug-likeness (QED) is 0.600. The van der Waals surface area contributed by atoms with E-state index in [4.69, 9.17) is 5.73 Å². The van der Waals surface area contributed by atoms with Crippen LogP contribution < -0.4 is 5.73 Å². The molecule has 1 heterocycles. The number of primary amides is 1. The van der Waals surface area contributed by atoms with Crippen molar-refractivity contribution in [3.8, 4) is 11.5 Å². The Hall–Kier alpha value is -2.17. The van der Waals surface area contributed by atoms with Gasteiger partial charge < -0.3 is 20.5 Å². The molecule has 5 heteroatoms. The minimum absolute atomic E-state index is 0.218. The zero-order chi connectivity index (χ0) is 11.2. The van der Waals surface area contributed by atoms with Crippen molar-refractivity contribution in [1.82, 2.24) is 4.57 Å². The number of aromatic hydroxyl groups is 2. The van der Waals surface area contributed by atoms with Crippen molar-refractivity contribution in [3.05, 3.63) is 23.9 Å². The molecule has 0 spiro atoms. The molecule has 15 heavy (non-hydrogen) atoms. The Morgan fingerprint density at radius 2 is 1.87 bits per heavy atom. The number of hydrogen-bond donors (Lipinski definition) is 3. The molecular weight excluding hydrogens is 196 g/mol. The van der Waals surface area contributed by atoms with E-state index in [2.05, 4.69) is 0 Å². The SMILES string of the molecule is Cn1c(C(N)=O)cc2cc(O)c(O)cc21. The molecule has 0 saturated heterocycles. The molecule has 2 rings (SSSR count). The van der Waals surface area contributed by atoms with Crippen molar-refractivity contribution in [3.63, 3.8) is 0 Å². The Bertz CT molecular complexity index is 557. The third kappa shape index (κ3) is 1.28. The monoisotopic (exact) mass is 206 g/mol. The maximum atomic E-state index is 11.0. The third-order valence-corrected chi connectivity index (χ3v) is 2.39. The van der Waals surface area contributed by atoms with E-state index < -0.39 is 5.91 Å². The number of fused-ring (bicyclic) bond motifs is 1. The van der Waals surface area contributed by atoms with E-state index in [1.54, 1.807) is 17.7 Å². The van der Waals surface area contributed by atoms with Gasteiger partial charge in [-0.2, -0.15) is 0 Å². The van der Waals surface area contributed by atoms with Crippen LogP contribution in [0.4, 0.5) is 0 Å². The van der Waals surface area contributed by atoms with Crippen LogP contribution in [0.2, 0.25) is 0 Å². The molecule has 1 aromatic heterocycles. The topological polar surface area (TPSA) is 88.5 Å². The number of nitrogens with zero attached hydrogens (tertiary/aromatic N) is 1. The minimum Gasteiger partial charge on any atom is -0.504 e. The van der Waals surface area contributed by atoms with Crippen molar-refractivity contribution < 1.29 is 15.0 Å². The maximum Gasteiger partial charge on any atom is 0.265 e. The Kier molecular flexibility index (Phi) is 1.82. The summed E-state index contributed by atoms with van der Waals surface area (Å²) in [7, 11) is 1.67. The van der Waals surface area contributed by atoms with E-state index in [1.807, 2.05) is 0 Å². The van der Waals surface area contributed by atoms with Crippen molar-refractivity contribution in [2.24, 2.45) is 12.8 Å². The Balaban J connectivity index is 2.83. The zero-order valence-corrected chi connectivity index (χ0v) is 8.06. The van der Waals surface area contributed by atoms with Crippen LogP contribution in [0, 0.1) is 0 Å². The average molecular weight is 206 g/mol. The van der Waals surface area contributed by atoms with Gasteiger partial charge >= 0.3 is 0 Å². The van der Waals surface area contributed by atoms with Gasteiger partial charge in [-0.15, -0.1) is 0 Å². The Labute approximate surface area is 85.4 Å². The van der Waals surface area contributed by atoms with Gasteiger partial charge in [0.05, 0.1) is 5.52 Å². The second-order valence-corrected chi connectivity index (χ2v) is 3.35. The van der Waals surface area contributed by atoms with Crippen LogP contribution in [0.5, 0.6) is 11.5 Å². The van der Waals surface area contributed by atoms with Crippen LogP contribution in [0.15, 0.2) is 18.2 Å². The summed E-state index contributed by atoms with van der Waals surface area (Å²) in [6, 6.07) is 4.34. The molecule has 0 aliphatic heterocycles. The van der Waals surface area contributed by atoms with Crippen LogP contribution >= 0.6 is 0 Å². The van der Waals surface area contributed by atoms with Crippen LogP contribution in [0.1, 0.15) is 10.5 Å². The highest BCUT2D eigenvalue weighted by Crippen LogP contribution is 2.31. The number of phenolic OH excluding ortho intramolecular Hbond substituents is 2. The summed E-state index contributed by atoms with van der Waals surface area (Å²) >= 11 is 0. The van der Waals surface area contributed by atoms with E-state index in [0.29, 0.717) is 16.6 Å². The normalized spacial score (nSPS) is 10.7. The van der Waals surface area contributed by atoms with Gasteiger partial charge in [0.15, 0.2) is 11.5 Å². The van der Waals surface area contributed by atoms with Crippen molar-refractivity contribution in [1.29, 1.82) is 0 Å². The first kappa shape index (κ1) is 9.39. The lowest BCUT2D eigenvalue weighted by molar-refractivity contribution is 0.0993. The first-order chi connectivity index (χ1) is 7.00. The Morgan fingerprint density at radius 1 is 1.27 bits per heavy atom. The van der Waals surface area contributed by atoms with Gasteiger partial charge in [0.1, 0.15) is 5.69 Å². The Morgan fingerprint density at radius 3 is 2.47 bits per heavy atom. The molecule has 0 saturated carbocycles. The second kappa shape index (κ2) is 2.91. The lowest BCUT2D eigenvalue weighted by atomic mass is 10.2. The van der Waals surface area contributed by atoms with Gasteiger partial charge in [-0.05, 0) is 12.1 Å². The predicted octanol–water partition coefficient (Wildman–Crippen LogP) is 0.688. The summed E-state index contributed by atoms with van der Waals surface area (Å²) in [5.74, 6) is -0.989. The minimum atomic E-state index is -0.548. The highest BCUT2D eigenvalue weighted by molar-refractivity contribution is 5.98. The number of amides is 1. The van der Waals surface area contributed by atoms with Crippen molar-refractivity contribution in [2.45, 2.75) is 0 Å². The number of rotatable bonds is 1. The number of aryl methyl sites for hydroxylation is 1. The first-order valence-corrected chi connectivity index (χ1v) is 4.32. The molecule has 0 fully saturated rings. The fourth-order valence-electron chi connectivity index (χ4n) is 1.60. The number of aromatic nitrogens is 1. The molecule has 0 aliphatic rings.